The van der Waals surface area contributed by atoms with Gasteiger partial charge in [-0.2, -0.15) is 0 Å². The maximum absolute atomic E-state index is 13.8. The van der Waals surface area contributed by atoms with Crippen LogP contribution < -0.4 is 5.73 Å². The first-order chi connectivity index (χ1) is 10.1. The lowest BCUT2D eigenvalue weighted by atomic mass is 9.94. The zero-order valence-corrected chi connectivity index (χ0v) is 12.3. The van der Waals surface area contributed by atoms with Crippen molar-refractivity contribution in [3.05, 3.63) is 71.0 Å². The number of fused-ring (bicyclic) bond motifs is 1. The maximum Gasteiger partial charge on any atom is 0.127 e. The van der Waals surface area contributed by atoms with Gasteiger partial charge in [0.1, 0.15) is 5.82 Å². The molecule has 0 fully saturated rings. The average molecular weight is 284 g/mol. The summed E-state index contributed by atoms with van der Waals surface area (Å²) in [5.41, 5.74) is 9.65. The Hall–Kier alpha value is -1.71. The van der Waals surface area contributed by atoms with E-state index in [1.54, 1.807) is 12.1 Å². The molecule has 0 radical (unpaired) electrons. The summed E-state index contributed by atoms with van der Waals surface area (Å²) in [5.74, 6) is -0.00206. The molecule has 21 heavy (non-hydrogen) atoms. The van der Waals surface area contributed by atoms with E-state index in [2.05, 4.69) is 36.1 Å². The van der Waals surface area contributed by atoms with Crippen LogP contribution in [0.15, 0.2) is 48.5 Å². The lowest BCUT2D eigenvalue weighted by Crippen LogP contribution is -2.31. The molecule has 3 heteroatoms. The van der Waals surface area contributed by atoms with Gasteiger partial charge in [0.05, 0.1) is 0 Å². The molecular formula is C18H21FN2. The molecule has 0 bridgehead atoms. The number of rotatable bonds is 4. The summed E-state index contributed by atoms with van der Waals surface area (Å²) >= 11 is 0. The standard InChI is InChI=1S/C18H21FN2/c1-13(18(20)16-8-4-5-9-17(16)19)10-21-11-14-6-2-3-7-15(14)12-21/h2-9,13,18H,10-12,20H2,1H3. The molecule has 1 aliphatic rings. The minimum Gasteiger partial charge on any atom is -0.324 e. The Labute approximate surface area is 125 Å². The fourth-order valence-corrected chi connectivity index (χ4v) is 3.11. The zero-order chi connectivity index (χ0) is 14.8. The largest absolute Gasteiger partial charge is 0.324 e. The third kappa shape index (κ3) is 2.99. The third-order valence-corrected chi connectivity index (χ3v) is 4.33. The van der Waals surface area contributed by atoms with Crippen molar-refractivity contribution in [3.63, 3.8) is 0 Å². The number of nitrogens with zero attached hydrogens (tertiary/aromatic N) is 1. The number of hydrogen-bond donors (Lipinski definition) is 1. The highest BCUT2D eigenvalue weighted by atomic mass is 19.1. The first-order valence-corrected chi connectivity index (χ1v) is 7.44. The van der Waals surface area contributed by atoms with Gasteiger partial charge in [0.15, 0.2) is 0 Å². The zero-order valence-electron chi connectivity index (χ0n) is 12.3. The molecule has 0 aliphatic carbocycles. The summed E-state index contributed by atoms with van der Waals surface area (Å²) in [5, 5.41) is 0. The van der Waals surface area contributed by atoms with Crippen molar-refractivity contribution >= 4 is 0 Å². The Bertz CT molecular complexity index is 601. The van der Waals surface area contributed by atoms with Crippen LogP contribution in [0.25, 0.3) is 0 Å². The fraction of sp³-hybridized carbons (Fsp3) is 0.333. The molecule has 2 nitrogen and oxygen atoms in total. The maximum atomic E-state index is 13.8. The number of hydrogen-bond acceptors (Lipinski definition) is 2. The number of halogens is 1. The molecular weight excluding hydrogens is 263 g/mol. The van der Waals surface area contributed by atoms with Gasteiger partial charge in [0.25, 0.3) is 0 Å². The van der Waals surface area contributed by atoms with E-state index in [9.17, 15) is 4.39 Å². The molecule has 2 aromatic rings. The van der Waals surface area contributed by atoms with Crippen molar-refractivity contribution in [2.24, 2.45) is 11.7 Å². The molecule has 2 N–H and O–H groups in total. The van der Waals surface area contributed by atoms with Gasteiger partial charge in [-0.25, -0.2) is 4.39 Å². The van der Waals surface area contributed by atoms with Gasteiger partial charge in [-0.15, -0.1) is 0 Å². The predicted molar refractivity (Wildman–Crippen MR) is 83.0 cm³/mol. The summed E-state index contributed by atoms with van der Waals surface area (Å²) in [4.78, 5) is 2.38. The first-order valence-electron chi connectivity index (χ1n) is 7.44. The van der Waals surface area contributed by atoms with Crippen LogP contribution in [0, 0.1) is 11.7 Å². The molecule has 0 amide bonds. The molecule has 0 saturated carbocycles. The molecule has 1 heterocycles. The Morgan fingerprint density at radius 2 is 1.62 bits per heavy atom. The van der Waals surface area contributed by atoms with Gasteiger partial charge in [-0.3, -0.25) is 4.90 Å². The lowest BCUT2D eigenvalue weighted by molar-refractivity contribution is 0.225. The molecule has 1 aliphatic heterocycles. The molecule has 2 unspecified atom stereocenters. The Kier molecular flexibility index (Phi) is 4.04. The molecule has 3 rings (SSSR count). The van der Waals surface area contributed by atoms with Gasteiger partial charge >= 0.3 is 0 Å². The SMILES string of the molecule is CC(CN1Cc2ccccc2C1)C(N)c1ccccc1F. The van der Waals surface area contributed by atoms with Gasteiger partial charge < -0.3 is 5.73 Å². The van der Waals surface area contributed by atoms with Crippen LogP contribution in [0.1, 0.15) is 29.7 Å². The fourth-order valence-electron chi connectivity index (χ4n) is 3.11. The monoisotopic (exact) mass is 284 g/mol. The van der Waals surface area contributed by atoms with Crippen LogP contribution in [0.4, 0.5) is 4.39 Å². The second kappa shape index (κ2) is 5.96. The second-order valence-electron chi connectivity index (χ2n) is 5.96. The molecule has 0 saturated heterocycles. The second-order valence-corrected chi connectivity index (χ2v) is 5.96. The van der Waals surface area contributed by atoms with Crippen LogP contribution in [0.2, 0.25) is 0 Å². The quantitative estimate of drug-likeness (QED) is 0.931. The Morgan fingerprint density at radius 3 is 2.24 bits per heavy atom. The van der Waals surface area contributed by atoms with E-state index >= 15 is 0 Å². The minimum atomic E-state index is -0.269. The van der Waals surface area contributed by atoms with Gasteiger partial charge in [-0.1, -0.05) is 49.4 Å². The summed E-state index contributed by atoms with van der Waals surface area (Å²) in [6.07, 6.45) is 0. The van der Waals surface area contributed by atoms with Crippen molar-refractivity contribution in [3.8, 4) is 0 Å². The Balaban J connectivity index is 1.65. The van der Waals surface area contributed by atoms with Gasteiger partial charge in [0.2, 0.25) is 0 Å². The van der Waals surface area contributed by atoms with E-state index in [-0.39, 0.29) is 17.8 Å². The van der Waals surface area contributed by atoms with Crippen LogP contribution >= 0.6 is 0 Å². The molecule has 0 aromatic heterocycles. The van der Waals surface area contributed by atoms with Crippen molar-refractivity contribution in [2.45, 2.75) is 26.1 Å². The topological polar surface area (TPSA) is 29.3 Å². The predicted octanol–water partition coefficient (Wildman–Crippen LogP) is 3.48. The highest BCUT2D eigenvalue weighted by Gasteiger charge is 2.24. The van der Waals surface area contributed by atoms with E-state index in [4.69, 9.17) is 5.73 Å². The van der Waals surface area contributed by atoms with Crippen molar-refractivity contribution < 1.29 is 4.39 Å². The van der Waals surface area contributed by atoms with E-state index in [1.165, 1.54) is 17.2 Å². The summed E-state index contributed by atoms with van der Waals surface area (Å²) in [7, 11) is 0. The van der Waals surface area contributed by atoms with Gasteiger partial charge in [0, 0.05) is 31.2 Å². The number of benzene rings is 2. The Morgan fingerprint density at radius 1 is 1.05 bits per heavy atom. The van der Waals surface area contributed by atoms with Gasteiger partial charge in [-0.05, 0) is 23.1 Å². The average Bonchev–Trinajstić information content (AvgIpc) is 2.89. The van der Waals surface area contributed by atoms with Crippen LogP contribution in [0.3, 0.4) is 0 Å². The van der Waals surface area contributed by atoms with Crippen molar-refractivity contribution in [2.75, 3.05) is 6.54 Å². The normalized spacial score (nSPS) is 17.5. The van der Waals surface area contributed by atoms with E-state index in [0.717, 1.165) is 19.6 Å². The van der Waals surface area contributed by atoms with E-state index in [0.29, 0.717) is 5.56 Å². The highest BCUT2D eigenvalue weighted by molar-refractivity contribution is 5.30. The minimum absolute atomic E-state index is 0.205. The van der Waals surface area contributed by atoms with Crippen molar-refractivity contribution in [1.29, 1.82) is 0 Å². The lowest BCUT2D eigenvalue weighted by Gasteiger charge is -2.25. The summed E-state index contributed by atoms with van der Waals surface area (Å²) in [6.45, 7) is 4.90. The summed E-state index contributed by atoms with van der Waals surface area (Å²) in [6, 6.07) is 15.1. The highest BCUT2D eigenvalue weighted by Crippen LogP contribution is 2.27. The van der Waals surface area contributed by atoms with Crippen LogP contribution in [0.5, 0.6) is 0 Å². The van der Waals surface area contributed by atoms with Crippen LogP contribution in [-0.2, 0) is 13.1 Å². The molecule has 0 spiro atoms. The van der Waals surface area contributed by atoms with E-state index in [1.807, 2.05) is 6.07 Å². The molecule has 110 valence electrons. The first kappa shape index (κ1) is 14.2. The number of nitrogens with two attached hydrogens (primary N) is 1. The molecule has 2 aromatic carbocycles. The third-order valence-electron chi connectivity index (χ3n) is 4.33. The van der Waals surface area contributed by atoms with Crippen LogP contribution in [-0.4, -0.2) is 11.4 Å². The summed E-state index contributed by atoms with van der Waals surface area (Å²) < 4.78 is 13.8. The van der Waals surface area contributed by atoms with E-state index < -0.39 is 0 Å². The van der Waals surface area contributed by atoms with Crippen molar-refractivity contribution in [1.82, 2.24) is 4.90 Å². The molecule has 2 atom stereocenters. The smallest absolute Gasteiger partial charge is 0.127 e.